The molecular formula is C16H25Cl3N2O. The monoisotopic (exact) mass is 366 g/mol. The molecule has 0 saturated carbocycles. The predicted octanol–water partition coefficient (Wildman–Crippen LogP) is 4.12. The Morgan fingerprint density at radius 2 is 2.00 bits per heavy atom. The lowest BCUT2D eigenvalue weighted by Gasteiger charge is -2.31. The fourth-order valence-corrected chi connectivity index (χ4v) is 3.19. The summed E-state index contributed by atoms with van der Waals surface area (Å²) in [5, 5.41) is 4.44. The van der Waals surface area contributed by atoms with Crippen LogP contribution in [0.15, 0.2) is 18.2 Å². The van der Waals surface area contributed by atoms with Gasteiger partial charge in [-0.05, 0) is 70.1 Å². The fourth-order valence-electron chi connectivity index (χ4n) is 2.72. The topological polar surface area (TPSA) is 24.5 Å². The highest BCUT2D eigenvalue weighted by Gasteiger charge is 2.18. The number of piperidine rings is 1. The Morgan fingerprint density at radius 1 is 1.27 bits per heavy atom. The highest BCUT2D eigenvalue weighted by molar-refractivity contribution is 6.35. The second-order valence-corrected chi connectivity index (χ2v) is 6.44. The number of nitrogens with one attached hydrogen (secondary N) is 1. The van der Waals surface area contributed by atoms with Crippen LogP contribution in [-0.2, 0) is 0 Å². The van der Waals surface area contributed by atoms with Crippen molar-refractivity contribution in [1.29, 1.82) is 0 Å². The van der Waals surface area contributed by atoms with Gasteiger partial charge in [-0.25, -0.2) is 0 Å². The zero-order valence-corrected chi connectivity index (χ0v) is 15.3. The summed E-state index contributed by atoms with van der Waals surface area (Å²) >= 11 is 12.0. The number of halogens is 3. The minimum Gasteiger partial charge on any atom is -0.491 e. The summed E-state index contributed by atoms with van der Waals surface area (Å²) in [6, 6.07) is 5.34. The molecule has 0 bridgehead atoms. The molecule has 0 radical (unpaired) electrons. The number of hydrogen-bond donors (Lipinski definition) is 1. The molecule has 0 atom stereocenters. The number of likely N-dealkylation sites (tertiary alicyclic amines) is 1. The average Bonchev–Trinajstić information content (AvgIpc) is 2.48. The molecule has 6 heteroatoms. The second-order valence-electron chi connectivity index (χ2n) is 5.60. The van der Waals surface area contributed by atoms with Crippen molar-refractivity contribution in [3.63, 3.8) is 0 Å². The molecule has 126 valence electrons. The molecule has 1 N–H and O–H groups in total. The molecule has 2 rings (SSSR count). The molecular weight excluding hydrogens is 343 g/mol. The summed E-state index contributed by atoms with van der Waals surface area (Å²) in [7, 11) is 2.02. The maximum absolute atomic E-state index is 6.09. The van der Waals surface area contributed by atoms with Crippen molar-refractivity contribution >= 4 is 35.6 Å². The molecule has 0 aliphatic carbocycles. The first-order valence-electron chi connectivity index (χ1n) is 7.64. The molecule has 1 fully saturated rings. The number of benzene rings is 1. The lowest BCUT2D eigenvalue weighted by atomic mass is 9.93. The Labute approximate surface area is 149 Å². The number of rotatable bonds is 7. The van der Waals surface area contributed by atoms with Gasteiger partial charge in [0.25, 0.3) is 0 Å². The van der Waals surface area contributed by atoms with Crippen LogP contribution in [0.2, 0.25) is 10.0 Å². The van der Waals surface area contributed by atoms with Gasteiger partial charge in [0.15, 0.2) is 0 Å². The maximum atomic E-state index is 6.09. The van der Waals surface area contributed by atoms with Crippen molar-refractivity contribution in [3.05, 3.63) is 28.2 Å². The third-order valence-electron chi connectivity index (χ3n) is 4.07. The Bertz CT molecular complexity index is 437. The van der Waals surface area contributed by atoms with Gasteiger partial charge in [-0.1, -0.05) is 23.2 Å². The summed E-state index contributed by atoms with van der Waals surface area (Å²) in [5.74, 6) is 1.59. The smallest absolute Gasteiger partial charge is 0.138 e. The summed E-state index contributed by atoms with van der Waals surface area (Å²) in [6.07, 6.45) is 3.88. The van der Waals surface area contributed by atoms with E-state index >= 15 is 0 Å². The summed E-state index contributed by atoms with van der Waals surface area (Å²) in [5.41, 5.74) is 0. The molecule has 22 heavy (non-hydrogen) atoms. The van der Waals surface area contributed by atoms with Crippen LogP contribution in [0.4, 0.5) is 0 Å². The van der Waals surface area contributed by atoms with E-state index in [0.29, 0.717) is 22.4 Å². The van der Waals surface area contributed by atoms with Crippen molar-refractivity contribution in [2.45, 2.75) is 19.3 Å². The molecule has 1 aliphatic rings. The Hall–Kier alpha value is -0.190. The van der Waals surface area contributed by atoms with Gasteiger partial charge in [-0.3, -0.25) is 4.90 Å². The fraction of sp³-hybridized carbons (Fsp3) is 0.625. The van der Waals surface area contributed by atoms with E-state index in [0.717, 1.165) is 19.0 Å². The lowest BCUT2D eigenvalue weighted by molar-refractivity contribution is 0.151. The van der Waals surface area contributed by atoms with E-state index in [4.69, 9.17) is 27.9 Å². The van der Waals surface area contributed by atoms with Crippen molar-refractivity contribution in [2.75, 3.05) is 39.8 Å². The molecule has 1 aliphatic heterocycles. The van der Waals surface area contributed by atoms with E-state index in [2.05, 4.69) is 10.2 Å². The van der Waals surface area contributed by atoms with Gasteiger partial charge >= 0.3 is 0 Å². The van der Waals surface area contributed by atoms with Crippen LogP contribution in [-0.4, -0.2) is 44.7 Å². The normalized spacial score (nSPS) is 16.3. The highest BCUT2D eigenvalue weighted by atomic mass is 35.5. The number of nitrogens with zero attached hydrogens (tertiary/aromatic N) is 1. The van der Waals surface area contributed by atoms with Crippen molar-refractivity contribution in [3.8, 4) is 5.75 Å². The van der Waals surface area contributed by atoms with E-state index in [-0.39, 0.29) is 12.4 Å². The van der Waals surface area contributed by atoms with Crippen LogP contribution in [0.25, 0.3) is 0 Å². The molecule has 0 unspecified atom stereocenters. The van der Waals surface area contributed by atoms with Crippen LogP contribution >= 0.6 is 35.6 Å². The summed E-state index contributed by atoms with van der Waals surface area (Å²) in [6.45, 7) is 5.10. The summed E-state index contributed by atoms with van der Waals surface area (Å²) in [4.78, 5) is 2.47. The van der Waals surface area contributed by atoms with Gasteiger partial charge in [-0.15, -0.1) is 12.4 Å². The van der Waals surface area contributed by atoms with Crippen molar-refractivity contribution < 1.29 is 4.74 Å². The first-order chi connectivity index (χ1) is 10.2. The quantitative estimate of drug-likeness (QED) is 0.784. The summed E-state index contributed by atoms with van der Waals surface area (Å²) < 4.78 is 5.74. The highest BCUT2D eigenvalue weighted by Crippen LogP contribution is 2.27. The van der Waals surface area contributed by atoms with Gasteiger partial charge in [0.05, 0.1) is 5.02 Å². The van der Waals surface area contributed by atoms with Gasteiger partial charge in [0.2, 0.25) is 0 Å². The predicted molar refractivity (Wildman–Crippen MR) is 96.9 cm³/mol. The Kier molecular flexibility index (Phi) is 9.53. The minimum absolute atomic E-state index is 0. The zero-order valence-electron chi connectivity index (χ0n) is 13.0. The second kappa shape index (κ2) is 10.6. The lowest BCUT2D eigenvalue weighted by Crippen LogP contribution is -2.37. The van der Waals surface area contributed by atoms with Gasteiger partial charge in [0, 0.05) is 11.6 Å². The number of ether oxygens (including phenoxy) is 1. The van der Waals surface area contributed by atoms with Crippen LogP contribution in [0.5, 0.6) is 5.75 Å². The van der Waals surface area contributed by atoms with Crippen molar-refractivity contribution in [2.24, 2.45) is 5.92 Å². The SMILES string of the molecule is CNCCC1CCN(CCOc2ccc(Cl)cc2Cl)CC1.Cl. The van der Waals surface area contributed by atoms with Crippen LogP contribution in [0, 0.1) is 5.92 Å². The molecule has 1 aromatic carbocycles. The van der Waals surface area contributed by atoms with E-state index in [1.165, 1.54) is 32.4 Å². The molecule has 0 spiro atoms. The van der Waals surface area contributed by atoms with Crippen LogP contribution < -0.4 is 10.1 Å². The maximum Gasteiger partial charge on any atom is 0.138 e. The van der Waals surface area contributed by atoms with E-state index in [1.54, 1.807) is 12.1 Å². The molecule has 3 nitrogen and oxygen atoms in total. The average molecular weight is 368 g/mol. The Morgan fingerprint density at radius 3 is 2.64 bits per heavy atom. The Balaban J connectivity index is 0.00000242. The van der Waals surface area contributed by atoms with Gasteiger partial charge in [-0.2, -0.15) is 0 Å². The van der Waals surface area contributed by atoms with E-state index in [1.807, 2.05) is 13.1 Å². The largest absolute Gasteiger partial charge is 0.491 e. The third-order valence-corrected chi connectivity index (χ3v) is 4.60. The first kappa shape index (κ1) is 19.9. The van der Waals surface area contributed by atoms with Crippen molar-refractivity contribution in [1.82, 2.24) is 10.2 Å². The molecule has 1 saturated heterocycles. The molecule has 0 amide bonds. The zero-order chi connectivity index (χ0) is 15.1. The third kappa shape index (κ3) is 6.51. The molecule has 0 aromatic heterocycles. The van der Waals surface area contributed by atoms with Gasteiger partial charge in [0.1, 0.15) is 12.4 Å². The number of hydrogen-bond acceptors (Lipinski definition) is 3. The van der Waals surface area contributed by atoms with E-state index < -0.39 is 0 Å². The van der Waals surface area contributed by atoms with E-state index in [9.17, 15) is 0 Å². The van der Waals surface area contributed by atoms with Crippen LogP contribution in [0.1, 0.15) is 19.3 Å². The standard InChI is InChI=1S/C16H24Cl2N2O.ClH/c1-19-7-4-13-5-8-20(9-6-13)10-11-21-16-3-2-14(17)12-15(16)18;/h2-3,12-13,19H,4-11H2,1H3;1H. The molecule has 1 heterocycles. The minimum atomic E-state index is 0. The molecule has 1 aromatic rings. The van der Waals surface area contributed by atoms with Gasteiger partial charge < -0.3 is 10.1 Å². The van der Waals surface area contributed by atoms with Crippen LogP contribution in [0.3, 0.4) is 0 Å². The first-order valence-corrected chi connectivity index (χ1v) is 8.39.